The summed E-state index contributed by atoms with van der Waals surface area (Å²) in [5.41, 5.74) is 0. The van der Waals surface area contributed by atoms with Gasteiger partial charge in [-0.05, 0) is 0 Å². The average molecular weight is 309 g/mol. The predicted molar refractivity (Wildman–Crippen MR) is 12.1 cm³/mol. The van der Waals surface area contributed by atoms with Crippen LogP contribution in [-0.2, 0) is 22.7 Å². The zero-order chi connectivity index (χ0) is 3.58. The van der Waals surface area contributed by atoms with E-state index in [2.05, 4.69) is 0 Å². The van der Waals surface area contributed by atoms with Crippen LogP contribution in [0.4, 0.5) is 0 Å². The molecule has 0 bridgehead atoms. The second-order valence-corrected chi connectivity index (χ2v) is 0.981. The van der Waals surface area contributed by atoms with Crippen molar-refractivity contribution >= 4 is 37.7 Å². The zero-order valence-electron chi connectivity index (χ0n) is 2.00. The third-order valence-corrected chi connectivity index (χ3v) is 0. The molecule has 0 aromatic carbocycles. The molecule has 6 heteroatoms. The molecule has 0 aromatic rings. The average Bonchev–Trinajstić information content (AvgIpc) is 0.811. The Morgan fingerprint density at radius 3 is 1.33 bits per heavy atom. The second kappa shape index (κ2) is 10.6. The van der Waals surface area contributed by atoms with Gasteiger partial charge in [0.2, 0.25) is 0 Å². The summed E-state index contributed by atoms with van der Waals surface area (Å²) in [5.74, 6) is 0. The van der Waals surface area contributed by atoms with Crippen molar-refractivity contribution in [2.45, 2.75) is 0 Å². The summed E-state index contributed by atoms with van der Waals surface area (Å²) in [7, 11) is 0. The van der Waals surface area contributed by atoms with E-state index in [0.29, 0.717) is 0 Å². The van der Waals surface area contributed by atoms with E-state index in [9.17, 15) is 0 Å². The molecule has 0 rings (SSSR count). The molecule has 0 saturated heterocycles. The molecule has 40 valence electrons. The van der Waals surface area contributed by atoms with Crippen molar-refractivity contribution in [1.82, 2.24) is 0 Å². The van der Waals surface area contributed by atoms with E-state index >= 15 is 0 Å². The van der Waals surface area contributed by atoms with Crippen molar-refractivity contribution in [1.29, 1.82) is 0 Å². The van der Waals surface area contributed by atoms with Gasteiger partial charge in [-0.2, -0.15) is 0 Å². The van der Waals surface area contributed by atoms with Crippen LogP contribution in [0.25, 0.3) is 0 Å². The fourth-order valence-corrected chi connectivity index (χ4v) is 0. The summed E-state index contributed by atoms with van der Waals surface area (Å²) in [6.45, 7) is 0. The van der Waals surface area contributed by atoms with Crippen molar-refractivity contribution in [2.24, 2.45) is 0 Å². The Morgan fingerprint density at radius 2 is 1.33 bits per heavy atom. The van der Waals surface area contributed by atoms with Crippen molar-refractivity contribution in [3.8, 4) is 0 Å². The molecule has 0 heterocycles. The molecular formula is H3CaErO3V. The Bertz CT molecular complexity index is 59.2. The van der Waals surface area contributed by atoms with Crippen LogP contribution in [0.1, 0.15) is 0 Å². The molecule has 0 fully saturated rings. The third kappa shape index (κ3) is 30.2. The fraction of sp³-hybridized carbons (Fsp3) is 0. The second-order valence-electron chi connectivity index (χ2n) is 0.238. The predicted octanol–water partition coefficient (Wildman–Crippen LogP) is -1.71. The summed E-state index contributed by atoms with van der Waals surface area (Å²) >= 11 is -3.69. The minimum absolute atomic E-state index is 0. The summed E-state index contributed by atoms with van der Waals surface area (Å²) in [6.07, 6.45) is 0. The Morgan fingerprint density at radius 1 is 1.33 bits per heavy atom. The van der Waals surface area contributed by atoms with Gasteiger partial charge in [0.15, 0.2) is 0 Å². The maximum atomic E-state index is 8.67. The summed E-state index contributed by atoms with van der Waals surface area (Å²) in [5, 5.41) is 0. The van der Waals surface area contributed by atoms with Crippen molar-refractivity contribution in [3.05, 3.63) is 0 Å². The molecule has 0 unspecified atom stereocenters. The monoisotopic (exact) mass is 308 g/mol. The maximum absolute atomic E-state index is 8.67. The SMILES string of the molecule is [CaH2].[Er].[O]=[V](=[O])[OH]. The van der Waals surface area contributed by atoms with E-state index in [1.54, 1.807) is 0 Å². The molecule has 0 aromatic heterocycles. The third-order valence-electron chi connectivity index (χ3n) is 0. The van der Waals surface area contributed by atoms with Crippen molar-refractivity contribution in [2.75, 3.05) is 0 Å². The number of hydrogen-bond acceptors (Lipinski definition) is 2. The Kier molecular flexibility index (Phi) is 28.0. The van der Waals surface area contributed by atoms with Crippen LogP contribution in [0, 0.1) is 37.3 Å². The van der Waals surface area contributed by atoms with Gasteiger partial charge in [0.1, 0.15) is 0 Å². The van der Waals surface area contributed by atoms with E-state index in [4.69, 9.17) is 11.4 Å². The Hall–Kier alpha value is 2.65. The Balaban J connectivity index is -0.0000000450. The van der Waals surface area contributed by atoms with Crippen molar-refractivity contribution in [3.63, 3.8) is 0 Å². The summed E-state index contributed by atoms with van der Waals surface area (Å²) in [6, 6.07) is 0. The first-order valence-electron chi connectivity index (χ1n) is 0.565. The van der Waals surface area contributed by atoms with E-state index in [-0.39, 0.29) is 75.0 Å². The summed E-state index contributed by atoms with van der Waals surface area (Å²) < 4.78 is 24.4. The van der Waals surface area contributed by atoms with Gasteiger partial charge in [0, 0.05) is 37.3 Å². The summed E-state index contributed by atoms with van der Waals surface area (Å²) in [4.78, 5) is 0. The van der Waals surface area contributed by atoms with Crippen LogP contribution < -0.4 is 0 Å². The van der Waals surface area contributed by atoms with Crippen LogP contribution in [0.15, 0.2) is 0 Å². The van der Waals surface area contributed by atoms with Gasteiger partial charge >= 0.3 is 64.5 Å². The molecule has 0 atom stereocenters. The Labute approximate surface area is 99.4 Å². The molecule has 1 N–H and O–H groups in total. The van der Waals surface area contributed by atoms with Crippen LogP contribution in [0.3, 0.4) is 0 Å². The normalized spacial score (nSPS) is 4.17. The number of rotatable bonds is 0. The van der Waals surface area contributed by atoms with Crippen LogP contribution in [0.2, 0.25) is 0 Å². The van der Waals surface area contributed by atoms with Gasteiger partial charge in [-0.1, -0.05) is 0 Å². The van der Waals surface area contributed by atoms with Crippen LogP contribution in [-0.4, -0.2) is 41.8 Å². The van der Waals surface area contributed by atoms with Gasteiger partial charge in [-0.3, -0.25) is 0 Å². The topological polar surface area (TPSA) is 54.4 Å². The molecule has 6 heavy (non-hydrogen) atoms. The molecule has 0 amide bonds. The first-order chi connectivity index (χ1) is 1.73. The molecule has 0 radical (unpaired) electrons. The van der Waals surface area contributed by atoms with Crippen LogP contribution in [0.5, 0.6) is 0 Å². The van der Waals surface area contributed by atoms with Crippen molar-refractivity contribution < 1.29 is 64.1 Å². The van der Waals surface area contributed by atoms with Gasteiger partial charge in [-0.15, -0.1) is 0 Å². The van der Waals surface area contributed by atoms with Gasteiger partial charge < -0.3 is 0 Å². The van der Waals surface area contributed by atoms with E-state index in [1.807, 2.05) is 0 Å². The molecule has 0 aliphatic rings. The molecule has 0 saturated carbocycles. The quantitative estimate of drug-likeness (QED) is 0.542. The molecule has 3 nitrogen and oxygen atoms in total. The minimum atomic E-state index is -3.69. The zero-order valence-corrected chi connectivity index (χ0v) is 5.25. The molecular weight excluding hydrogens is 306 g/mol. The van der Waals surface area contributed by atoms with E-state index in [1.165, 1.54) is 0 Å². The first kappa shape index (κ1) is 15.9. The molecule has 0 spiro atoms. The van der Waals surface area contributed by atoms with Gasteiger partial charge in [0.05, 0.1) is 0 Å². The number of hydrogen-bond donors (Lipinski definition) is 1. The van der Waals surface area contributed by atoms with E-state index < -0.39 is 15.4 Å². The van der Waals surface area contributed by atoms with E-state index in [0.717, 1.165) is 0 Å². The fourth-order valence-electron chi connectivity index (χ4n) is 0. The molecule has 0 aliphatic heterocycles. The standard InChI is InChI=1S/Ca.Er.H2O.2O.V.2H/h;;1H2;;;;;/q;;;;;+1;;/p-1. The van der Waals surface area contributed by atoms with Gasteiger partial charge in [0.25, 0.3) is 0 Å². The first-order valence-corrected chi connectivity index (χ1v) is 2.33. The molecule has 0 aliphatic carbocycles. The van der Waals surface area contributed by atoms with Crippen LogP contribution >= 0.6 is 0 Å². The van der Waals surface area contributed by atoms with Gasteiger partial charge in [-0.25, -0.2) is 0 Å².